The van der Waals surface area contributed by atoms with Gasteiger partial charge in [0.05, 0.1) is 18.0 Å². The van der Waals surface area contributed by atoms with Gasteiger partial charge in [-0.2, -0.15) is 5.10 Å². The maximum Gasteiger partial charge on any atom is 0.357 e. The Hall–Kier alpha value is -2.73. The molecule has 0 fully saturated rings. The number of hydrogen-bond donors (Lipinski definition) is 1. The van der Waals surface area contributed by atoms with E-state index in [1.54, 1.807) is 11.6 Å². The lowest BCUT2D eigenvalue weighted by Crippen LogP contribution is -2.12. The summed E-state index contributed by atoms with van der Waals surface area (Å²) in [6.45, 7) is 4.03. The van der Waals surface area contributed by atoms with Crippen LogP contribution in [0.25, 0.3) is 16.7 Å². The van der Waals surface area contributed by atoms with Crippen LogP contribution in [0.4, 0.5) is 0 Å². The Morgan fingerprint density at radius 2 is 2.04 bits per heavy atom. The number of fused-ring (bicyclic) bond motifs is 1. The number of benzene rings is 1. The van der Waals surface area contributed by atoms with Gasteiger partial charge in [-0.1, -0.05) is 18.2 Å². The standard InChI is InChI=1S/C19H21N3O3/c1-3-25-19(24)17-14(8-7-11-23)12-16-13(2)21-22(18(16)20-17)15-9-5-4-6-10-15/h4-6,9-10,12,23H,3,7-8,11H2,1-2H3. The lowest BCUT2D eigenvalue weighted by molar-refractivity contribution is 0.0518. The van der Waals surface area contributed by atoms with Crippen molar-refractivity contribution in [2.24, 2.45) is 0 Å². The Kier molecular flexibility index (Phi) is 5.09. The summed E-state index contributed by atoms with van der Waals surface area (Å²) in [5.74, 6) is -0.448. The third-order valence-corrected chi connectivity index (χ3v) is 4.00. The van der Waals surface area contributed by atoms with Crippen LogP contribution in [0.3, 0.4) is 0 Å². The van der Waals surface area contributed by atoms with Gasteiger partial charge in [0.2, 0.25) is 0 Å². The predicted molar refractivity (Wildman–Crippen MR) is 95.0 cm³/mol. The minimum absolute atomic E-state index is 0.0581. The first-order valence-corrected chi connectivity index (χ1v) is 8.38. The van der Waals surface area contributed by atoms with E-state index in [4.69, 9.17) is 9.84 Å². The zero-order valence-corrected chi connectivity index (χ0v) is 14.4. The third-order valence-electron chi connectivity index (χ3n) is 4.00. The number of hydrogen-bond acceptors (Lipinski definition) is 5. The molecule has 0 saturated carbocycles. The molecule has 0 unspecified atom stereocenters. The lowest BCUT2D eigenvalue weighted by atomic mass is 10.1. The summed E-state index contributed by atoms with van der Waals surface area (Å²) in [4.78, 5) is 16.9. The molecule has 0 amide bonds. The van der Waals surface area contributed by atoms with Crippen molar-refractivity contribution in [1.82, 2.24) is 14.8 Å². The molecule has 0 aliphatic heterocycles. The van der Waals surface area contributed by atoms with E-state index in [-0.39, 0.29) is 13.2 Å². The van der Waals surface area contributed by atoms with Crippen LogP contribution >= 0.6 is 0 Å². The van der Waals surface area contributed by atoms with Crippen LogP contribution in [0.1, 0.15) is 35.1 Å². The monoisotopic (exact) mass is 339 g/mol. The summed E-state index contributed by atoms with van der Waals surface area (Å²) < 4.78 is 6.90. The van der Waals surface area contributed by atoms with Crippen molar-refractivity contribution >= 4 is 17.0 Å². The molecule has 0 aliphatic rings. The van der Waals surface area contributed by atoms with E-state index in [1.165, 1.54) is 0 Å². The van der Waals surface area contributed by atoms with Crippen molar-refractivity contribution in [2.75, 3.05) is 13.2 Å². The lowest BCUT2D eigenvalue weighted by Gasteiger charge is -2.09. The van der Waals surface area contributed by atoms with Gasteiger partial charge in [-0.15, -0.1) is 0 Å². The van der Waals surface area contributed by atoms with Crippen molar-refractivity contribution in [1.29, 1.82) is 0 Å². The molecule has 0 atom stereocenters. The van der Waals surface area contributed by atoms with Gasteiger partial charge in [0.25, 0.3) is 0 Å². The number of esters is 1. The molecule has 0 aliphatic carbocycles. The third kappa shape index (κ3) is 3.39. The van der Waals surface area contributed by atoms with E-state index in [1.807, 2.05) is 43.3 Å². The number of nitrogens with zero attached hydrogens (tertiary/aromatic N) is 3. The molecule has 2 aromatic heterocycles. The molecule has 25 heavy (non-hydrogen) atoms. The molecule has 0 bridgehead atoms. The predicted octanol–water partition coefficient (Wildman–Crippen LogP) is 2.83. The highest BCUT2D eigenvalue weighted by molar-refractivity contribution is 5.93. The summed E-state index contributed by atoms with van der Waals surface area (Å²) in [6, 6.07) is 11.6. The smallest absolute Gasteiger partial charge is 0.357 e. The maximum atomic E-state index is 12.4. The average Bonchev–Trinajstić information content (AvgIpc) is 2.96. The molecule has 0 radical (unpaired) electrons. The van der Waals surface area contributed by atoms with Gasteiger partial charge in [-0.25, -0.2) is 14.5 Å². The van der Waals surface area contributed by atoms with Crippen molar-refractivity contribution in [3.05, 3.63) is 53.3 Å². The molecular weight excluding hydrogens is 318 g/mol. The largest absolute Gasteiger partial charge is 0.461 e. The Labute approximate surface area is 146 Å². The number of para-hydroxylation sites is 1. The fourth-order valence-electron chi connectivity index (χ4n) is 2.81. The summed E-state index contributed by atoms with van der Waals surface area (Å²) in [5.41, 5.74) is 3.41. The van der Waals surface area contributed by atoms with Gasteiger partial charge in [-0.05, 0) is 50.5 Å². The van der Waals surface area contributed by atoms with Gasteiger partial charge < -0.3 is 9.84 Å². The van der Waals surface area contributed by atoms with Crippen LogP contribution < -0.4 is 0 Å². The van der Waals surface area contributed by atoms with Gasteiger partial charge in [0.1, 0.15) is 0 Å². The Bertz CT molecular complexity index is 888. The van der Waals surface area contributed by atoms with Gasteiger partial charge in [0, 0.05) is 12.0 Å². The van der Waals surface area contributed by atoms with Crippen molar-refractivity contribution in [3.63, 3.8) is 0 Å². The van der Waals surface area contributed by atoms with Gasteiger partial charge in [0.15, 0.2) is 11.3 Å². The fourth-order valence-corrected chi connectivity index (χ4v) is 2.81. The molecule has 0 saturated heterocycles. The minimum atomic E-state index is -0.448. The highest BCUT2D eigenvalue weighted by Gasteiger charge is 2.20. The van der Waals surface area contributed by atoms with E-state index >= 15 is 0 Å². The van der Waals surface area contributed by atoms with E-state index in [0.717, 1.165) is 22.3 Å². The summed E-state index contributed by atoms with van der Waals surface area (Å²) in [6.07, 6.45) is 1.12. The number of aliphatic hydroxyl groups is 1. The number of aryl methyl sites for hydroxylation is 2. The normalized spacial score (nSPS) is 11.0. The number of carbonyl (C=O) groups excluding carboxylic acids is 1. The number of aliphatic hydroxyl groups excluding tert-OH is 1. The molecule has 6 nitrogen and oxygen atoms in total. The molecule has 3 rings (SSSR count). The minimum Gasteiger partial charge on any atom is -0.461 e. The SMILES string of the molecule is CCOC(=O)c1nc2c(cc1CCCO)c(C)nn2-c1ccccc1. The average molecular weight is 339 g/mol. The molecular formula is C19H21N3O3. The van der Waals surface area contributed by atoms with Crippen LogP contribution in [-0.4, -0.2) is 39.1 Å². The first kappa shape index (κ1) is 17.1. The number of pyridine rings is 1. The molecule has 2 heterocycles. The van der Waals surface area contributed by atoms with E-state index in [9.17, 15) is 4.79 Å². The Morgan fingerprint density at radius 1 is 1.28 bits per heavy atom. The molecule has 3 aromatic rings. The first-order chi connectivity index (χ1) is 12.2. The van der Waals surface area contributed by atoms with E-state index < -0.39 is 5.97 Å². The van der Waals surface area contributed by atoms with Crippen molar-refractivity contribution in [3.8, 4) is 5.69 Å². The Morgan fingerprint density at radius 3 is 2.72 bits per heavy atom. The number of carbonyl (C=O) groups is 1. The van der Waals surface area contributed by atoms with Crippen LogP contribution in [0, 0.1) is 6.92 Å². The van der Waals surface area contributed by atoms with Gasteiger partial charge >= 0.3 is 5.97 Å². The van der Waals surface area contributed by atoms with Crippen LogP contribution in [0.15, 0.2) is 36.4 Å². The topological polar surface area (TPSA) is 77.2 Å². The quantitative estimate of drug-likeness (QED) is 0.699. The van der Waals surface area contributed by atoms with E-state index in [0.29, 0.717) is 24.2 Å². The number of ether oxygens (including phenoxy) is 1. The second-order valence-corrected chi connectivity index (χ2v) is 5.75. The molecule has 1 N–H and O–H groups in total. The van der Waals surface area contributed by atoms with Crippen LogP contribution in [0.2, 0.25) is 0 Å². The summed E-state index contributed by atoms with van der Waals surface area (Å²) in [5, 5.41) is 14.6. The molecule has 0 spiro atoms. The number of aromatic nitrogens is 3. The molecule has 130 valence electrons. The fraction of sp³-hybridized carbons (Fsp3) is 0.316. The van der Waals surface area contributed by atoms with Crippen LogP contribution in [-0.2, 0) is 11.2 Å². The summed E-state index contributed by atoms with van der Waals surface area (Å²) >= 11 is 0. The molecule has 1 aromatic carbocycles. The van der Waals surface area contributed by atoms with Crippen molar-refractivity contribution in [2.45, 2.75) is 26.7 Å². The zero-order valence-electron chi connectivity index (χ0n) is 14.4. The maximum absolute atomic E-state index is 12.4. The van der Waals surface area contributed by atoms with Crippen LogP contribution in [0.5, 0.6) is 0 Å². The number of rotatable bonds is 6. The Balaban J connectivity index is 2.19. The second kappa shape index (κ2) is 7.44. The summed E-state index contributed by atoms with van der Waals surface area (Å²) in [7, 11) is 0. The van der Waals surface area contributed by atoms with E-state index in [2.05, 4.69) is 10.1 Å². The first-order valence-electron chi connectivity index (χ1n) is 8.38. The zero-order chi connectivity index (χ0) is 17.8. The van der Waals surface area contributed by atoms with Crippen molar-refractivity contribution < 1.29 is 14.6 Å². The second-order valence-electron chi connectivity index (χ2n) is 5.75. The van der Waals surface area contributed by atoms with Gasteiger partial charge in [-0.3, -0.25) is 0 Å². The molecule has 6 heteroatoms. The highest BCUT2D eigenvalue weighted by atomic mass is 16.5. The highest BCUT2D eigenvalue weighted by Crippen LogP contribution is 2.24.